The molecular weight excluding hydrogens is 488 g/mol. The number of benzene rings is 4. The average molecular weight is 515 g/mol. The SMILES string of the molecule is COc1cc([C@@H]2C(C(=O)O)[C@@H](c3ccc(O)c(OC)c3)C2C(=O)Oc2cccc3ccccc23)ccc1O. The highest BCUT2D eigenvalue weighted by molar-refractivity contribution is 5.92. The predicted octanol–water partition coefficient (Wildman–Crippen LogP) is 5.07. The van der Waals surface area contributed by atoms with E-state index in [2.05, 4.69) is 0 Å². The van der Waals surface area contributed by atoms with E-state index < -0.39 is 35.6 Å². The highest BCUT2D eigenvalue weighted by Gasteiger charge is 2.59. The van der Waals surface area contributed by atoms with E-state index in [9.17, 15) is 24.9 Å². The van der Waals surface area contributed by atoms with Crippen LogP contribution in [0.5, 0.6) is 28.7 Å². The van der Waals surface area contributed by atoms with Gasteiger partial charge in [-0.3, -0.25) is 9.59 Å². The lowest BCUT2D eigenvalue weighted by Gasteiger charge is -2.49. The van der Waals surface area contributed by atoms with Gasteiger partial charge in [0, 0.05) is 17.2 Å². The molecule has 0 heterocycles. The molecule has 0 aromatic heterocycles. The second-order valence-corrected chi connectivity index (χ2v) is 9.20. The molecule has 1 saturated carbocycles. The molecule has 0 aliphatic heterocycles. The Balaban J connectivity index is 1.61. The van der Waals surface area contributed by atoms with Crippen LogP contribution in [0.3, 0.4) is 0 Å². The van der Waals surface area contributed by atoms with Crippen molar-refractivity contribution in [3.05, 3.63) is 90.0 Å². The number of aromatic hydroxyl groups is 2. The number of phenolic OH excluding ortho intramolecular Hbond substituents is 2. The number of aliphatic carboxylic acids is 1. The van der Waals surface area contributed by atoms with Crippen LogP contribution < -0.4 is 14.2 Å². The summed E-state index contributed by atoms with van der Waals surface area (Å²) in [6.45, 7) is 0. The largest absolute Gasteiger partial charge is 0.504 e. The second-order valence-electron chi connectivity index (χ2n) is 9.20. The van der Waals surface area contributed by atoms with Gasteiger partial charge in [0.2, 0.25) is 0 Å². The zero-order valence-corrected chi connectivity index (χ0v) is 20.7. The van der Waals surface area contributed by atoms with Gasteiger partial charge in [-0.2, -0.15) is 0 Å². The lowest BCUT2D eigenvalue weighted by molar-refractivity contribution is -0.158. The number of esters is 1. The van der Waals surface area contributed by atoms with Crippen LogP contribution in [0, 0.1) is 11.8 Å². The normalized spacial score (nSPS) is 20.4. The summed E-state index contributed by atoms with van der Waals surface area (Å²) in [4.78, 5) is 26.4. The van der Waals surface area contributed by atoms with Crippen LogP contribution in [0.1, 0.15) is 23.0 Å². The predicted molar refractivity (Wildman–Crippen MR) is 139 cm³/mol. The number of rotatable bonds is 7. The summed E-state index contributed by atoms with van der Waals surface area (Å²) >= 11 is 0. The molecule has 3 N–H and O–H groups in total. The Bertz CT molecular complexity index is 1460. The molecule has 1 fully saturated rings. The number of carbonyl (C=O) groups is 2. The Morgan fingerprint density at radius 2 is 1.24 bits per heavy atom. The van der Waals surface area contributed by atoms with Crippen molar-refractivity contribution in [2.24, 2.45) is 11.8 Å². The smallest absolute Gasteiger partial charge is 0.315 e. The van der Waals surface area contributed by atoms with Gasteiger partial charge in [-0.25, -0.2) is 0 Å². The number of carboxylic acids is 1. The fourth-order valence-corrected chi connectivity index (χ4v) is 5.44. The van der Waals surface area contributed by atoms with Gasteiger partial charge in [0.25, 0.3) is 0 Å². The first kappa shape index (κ1) is 25.0. The van der Waals surface area contributed by atoms with E-state index in [1.807, 2.05) is 30.3 Å². The number of methoxy groups -OCH3 is 2. The van der Waals surface area contributed by atoms with E-state index in [0.29, 0.717) is 16.9 Å². The highest BCUT2D eigenvalue weighted by Crippen LogP contribution is 2.59. The summed E-state index contributed by atoms with van der Waals surface area (Å²) in [5, 5.41) is 32.1. The summed E-state index contributed by atoms with van der Waals surface area (Å²) in [5.41, 5.74) is 1.04. The van der Waals surface area contributed by atoms with E-state index in [0.717, 1.165) is 10.8 Å². The maximum Gasteiger partial charge on any atom is 0.315 e. The van der Waals surface area contributed by atoms with Crippen molar-refractivity contribution in [3.63, 3.8) is 0 Å². The minimum Gasteiger partial charge on any atom is -0.504 e. The fourth-order valence-electron chi connectivity index (χ4n) is 5.44. The van der Waals surface area contributed by atoms with Gasteiger partial charge in [0.05, 0.1) is 26.1 Å². The summed E-state index contributed by atoms with van der Waals surface area (Å²) in [7, 11) is 2.79. The van der Waals surface area contributed by atoms with Crippen molar-refractivity contribution in [3.8, 4) is 28.7 Å². The molecule has 4 aromatic carbocycles. The van der Waals surface area contributed by atoms with Gasteiger partial charge in [0.1, 0.15) is 5.75 Å². The lowest BCUT2D eigenvalue weighted by atomic mass is 9.52. The molecule has 0 amide bonds. The number of phenols is 2. The van der Waals surface area contributed by atoms with Crippen LogP contribution >= 0.6 is 0 Å². The van der Waals surface area contributed by atoms with Crippen molar-refractivity contribution in [1.82, 2.24) is 0 Å². The topological polar surface area (TPSA) is 123 Å². The van der Waals surface area contributed by atoms with E-state index >= 15 is 0 Å². The quantitative estimate of drug-likeness (QED) is 0.231. The molecule has 0 radical (unpaired) electrons. The van der Waals surface area contributed by atoms with Crippen LogP contribution in [0.2, 0.25) is 0 Å². The van der Waals surface area contributed by atoms with Crippen molar-refractivity contribution < 1.29 is 39.1 Å². The summed E-state index contributed by atoms with van der Waals surface area (Å²) in [6.07, 6.45) is 0. The van der Waals surface area contributed by atoms with E-state index in [1.165, 1.54) is 26.4 Å². The van der Waals surface area contributed by atoms with Crippen molar-refractivity contribution in [1.29, 1.82) is 0 Å². The molecule has 0 spiro atoms. The molecule has 8 heteroatoms. The average Bonchev–Trinajstić information content (AvgIpc) is 2.90. The van der Waals surface area contributed by atoms with E-state index in [1.54, 1.807) is 36.4 Å². The molecule has 8 nitrogen and oxygen atoms in total. The van der Waals surface area contributed by atoms with Gasteiger partial charge < -0.3 is 29.5 Å². The Hall–Kier alpha value is -4.72. The molecule has 1 aliphatic rings. The standard InChI is InChI=1S/C30H26O8/c1-36-23-14-17(10-12-20(23)31)25-27(29(33)34)26(18-11-13-21(32)24(15-18)37-2)28(25)30(35)38-22-9-5-7-16-6-3-4-8-19(16)22/h3-15,25-28,31-32H,1-2H3,(H,33,34)/t25-,26-,27?,28?/m1/s1. The highest BCUT2D eigenvalue weighted by atomic mass is 16.5. The van der Waals surface area contributed by atoms with Gasteiger partial charge in [-0.1, -0.05) is 48.5 Å². The Morgan fingerprint density at radius 3 is 1.79 bits per heavy atom. The maximum absolute atomic E-state index is 13.8. The molecule has 194 valence electrons. The van der Waals surface area contributed by atoms with Crippen LogP contribution in [0.4, 0.5) is 0 Å². The van der Waals surface area contributed by atoms with Crippen molar-refractivity contribution >= 4 is 22.7 Å². The monoisotopic (exact) mass is 514 g/mol. The van der Waals surface area contributed by atoms with Crippen LogP contribution in [0.25, 0.3) is 10.8 Å². The molecule has 4 aromatic rings. The fraction of sp³-hybridized carbons (Fsp3) is 0.200. The number of carbonyl (C=O) groups excluding carboxylic acids is 1. The van der Waals surface area contributed by atoms with Crippen LogP contribution in [0.15, 0.2) is 78.9 Å². The second kappa shape index (κ2) is 9.97. The lowest BCUT2D eigenvalue weighted by Crippen LogP contribution is -2.52. The summed E-state index contributed by atoms with van der Waals surface area (Å²) < 4.78 is 16.4. The minimum absolute atomic E-state index is 0.0999. The van der Waals surface area contributed by atoms with Crippen LogP contribution in [-0.4, -0.2) is 41.5 Å². The first-order valence-corrected chi connectivity index (χ1v) is 12.0. The molecule has 0 saturated heterocycles. The number of carboxylic acid groups (broad SMARTS) is 1. The summed E-state index contributed by atoms with van der Waals surface area (Å²) in [6, 6.07) is 22.0. The molecule has 0 bridgehead atoms. The van der Waals surface area contributed by atoms with E-state index in [-0.39, 0.29) is 23.0 Å². The maximum atomic E-state index is 13.8. The number of fused-ring (bicyclic) bond motifs is 1. The van der Waals surface area contributed by atoms with Gasteiger partial charge in [0.15, 0.2) is 23.0 Å². The van der Waals surface area contributed by atoms with Gasteiger partial charge in [-0.15, -0.1) is 0 Å². The Kier molecular flexibility index (Phi) is 6.55. The molecular formula is C30H26O8. The molecule has 1 aliphatic carbocycles. The zero-order chi connectivity index (χ0) is 27.0. The molecule has 5 rings (SSSR count). The minimum atomic E-state index is -1.09. The summed E-state index contributed by atoms with van der Waals surface area (Å²) in [5.74, 6) is -4.60. The van der Waals surface area contributed by atoms with Gasteiger partial charge >= 0.3 is 11.9 Å². The zero-order valence-electron chi connectivity index (χ0n) is 20.7. The third-order valence-electron chi connectivity index (χ3n) is 7.24. The number of hydrogen-bond donors (Lipinski definition) is 3. The number of hydrogen-bond acceptors (Lipinski definition) is 7. The Morgan fingerprint density at radius 1 is 0.684 bits per heavy atom. The van der Waals surface area contributed by atoms with Crippen molar-refractivity contribution in [2.75, 3.05) is 14.2 Å². The third kappa shape index (κ3) is 4.24. The third-order valence-corrected chi connectivity index (χ3v) is 7.24. The van der Waals surface area contributed by atoms with Crippen LogP contribution in [-0.2, 0) is 9.59 Å². The molecule has 0 unspecified atom stereocenters. The Labute approximate surface area is 218 Å². The first-order chi connectivity index (χ1) is 18.3. The van der Waals surface area contributed by atoms with Gasteiger partial charge in [-0.05, 0) is 46.8 Å². The number of ether oxygens (including phenoxy) is 3. The first-order valence-electron chi connectivity index (χ1n) is 12.0. The molecule has 2 atom stereocenters. The van der Waals surface area contributed by atoms with Crippen molar-refractivity contribution in [2.45, 2.75) is 11.8 Å². The molecule has 38 heavy (non-hydrogen) atoms. The van der Waals surface area contributed by atoms with E-state index in [4.69, 9.17) is 14.2 Å².